The third kappa shape index (κ3) is 3.48. The molecule has 2 saturated heterocycles. The van der Waals surface area contributed by atoms with Crippen molar-refractivity contribution in [3.8, 4) is 0 Å². The van der Waals surface area contributed by atoms with Crippen molar-refractivity contribution >= 4 is 25.6 Å². The number of nitrogens with zero attached hydrogens (tertiary/aromatic N) is 1. The van der Waals surface area contributed by atoms with E-state index in [0.717, 1.165) is 0 Å². The van der Waals surface area contributed by atoms with E-state index in [4.69, 9.17) is 5.11 Å². The second-order valence-electron chi connectivity index (χ2n) is 5.33. The van der Waals surface area contributed by atoms with Gasteiger partial charge in [-0.2, -0.15) is 0 Å². The second-order valence-corrected chi connectivity index (χ2v) is 9.72. The highest BCUT2D eigenvalue weighted by molar-refractivity contribution is 7.92. The Balaban J connectivity index is 2.23. The van der Waals surface area contributed by atoms with Crippen LogP contribution in [-0.4, -0.2) is 85.7 Å². The Kier molecular flexibility index (Phi) is 4.11. The highest BCUT2D eigenvalue weighted by Crippen LogP contribution is 2.25. The van der Waals surface area contributed by atoms with Gasteiger partial charge in [-0.05, 0) is 6.42 Å². The quantitative estimate of drug-likeness (QED) is 0.591. The minimum absolute atomic E-state index is 0.0383. The molecule has 0 saturated carbocycles. The third-order valence-electron chi connectivity index (χ3n) is 3.71. The molecule has 0 aromatic heterocycles. The minimum atomic E-state index is -3.42. The highest BCUT2D eigenvalue weighted by Gasteiger charge is 2.45. The van der Waals surface area contributed by atoms with Crippen molar-refractivity contribution in [1.82, 2.24) is 4.90 Å². The van der Waals surface area contributed by atoms with Gasteiger partial charge in [-0.1, -0.05) is 0 Å². The van der Waals surface area contributed by atoms with Crippen LogP contribution in [0.1, 0.15) is 6.42 Å². The Morgan fingerprint density at radius 2 is 1.75 bits per heavy atom. The van der Waals surface area contributed by atoms with Crippen molar-refractivity contribution in [1.29, 1.82) is 0 Å². The monoisotopic (exact) mass is 327 g/mol. The zero-order valence-corrected chi connectivity index (χ0v) is 12.3. The number of aliphatic hydroxyl groups excluding tert-OH is 1. The first kappa shape index (κ1) is 15.7. The van der Waals surface area contributed by atoms with Crippen LogP contribution in [0.5, 0.6) is 0 Å². The summed E-state index contributed by atoms with van der Waals surface area (Å²) in [6, 6.07) is -1.40. The van der Waals surface area contributed by atoms with Gasteiger partial charge in [-0.25, -0.2) is 16.8 Å². The van der Waals surface area contributed by atoms with E-state index in [1.165, 1.54) is 4.90 Å². The van der Waals surface area contributed by atoms with E-state index in [2.05, 4.69) is 0 Å². The van der Waals surface area contributed by atoms with Crippen LogP contribution in [0.2, 0.25) is 0 Å². The molecule has 0 amide bonds. The van der Waals surface area contributed by atoms with Crippen molar-refractivity contribution in [2.45, 2.75) is 24.6 Å². The van der Waals surface area contributed by atoms with Crippen LogP contribution in [0, 0.1) is 0 Å². The van der Waals surface area contributed by atoms with E-state index >= 15 is 0 Å². The molecule has 2 heterocycles. The van der Waals surface area contributed by atoms with Gasteiger partial charge in [0.1, 0.15) is 0 Å². The Bertz CT molecular complexity index is 597. The topological polar surface area (TPSA) is 129 Å². The van der Waals surface area contributed by atoms with Gasteiger partial charge in [0.2, 0.25) is 0 Å². The summed E-state index contributed by atoms with van der Waals surface area (Å²) < 4.78 is 46.1. The van der Waals surface area contributed by atoms with Crippen molar-refractivity contribution in [3.05, 3.63) is 0 Å². The van der Waals surface area contributed by atoms with E-state index in [-0.39, 0.29) is 23.7 Å². The number of sulfone groups is 2. The van der Waals surface area contributed by atoms with Gasteiger partial charge in [0, 0.05) is 6.04 Å². The number of aliphatic carboxylic acids is 1. The molecule has 0 bridgehead atoms. The highest BCUT2D eigenvalue weighted by atomic mass is 32.2. The van der Waals surface area contributed by atoms with Gasteiger partial charge in [0.25, 0.3) is 0 Å². The molecule has 20 heavy (non-hydrogen) atoms. The van der Waals surface area contributed by atoms with Crippen molar-refractivity contribution in [2.75, 3.05) is 29.6 Å². The maximum absolute atomic E-state index is 11.5. The molecule has 8 nitrogen and oxygen atoms in total. The molecular weight excluding hydrogens is 310 g/mol. The minimum Gasteiger partial charge on any atom is -0.480 e. The Morgan fingerprint density at radius 3 is 2.15 bits per heavy atom. The van der Waals surface area contributed by atoms with E-state index in [1.54, 1.807) is 0 Å². The second kappa shape index (κ2) is 5.24. The Morgan fingerprint density at radius 1 is 1.10 bits per heavy atom. The van der Waals surface area contributed by atoms with Gasteiger partial charge in [-0.3, -0.25) is 9.69 Å². The van der Waals surface area contributed by atoms with Crippen molar-refractivity contribution in [3.63, 3.8) is 0 Å². The number of hydrogen-bond donors (Lipinski definition) is 2. The molecule has 2 fully saturated rings. The molecule has 0 aromatic rings. The number of carboxylic acids is 1. The molecule has 116 valence electrons. The SMILES string of the molecule is O=C(O)CN(C1CCS(=O)(=O)C1)C1CS(=O)(=O)CC1O. The van der Waals surface area contributed by atoms with E-state index < -0.39 is 56.1 Å². The fourth-order valence-corrected chi connectivity index (χ4v) is 6.39. The van der Waals surface area contributed by atoms with Crippen LogP contribution in [0.25, 0.3) is 0 Å². The first-order valence-electron chi connectivity index (χ1n) is 6.16. The van der Waals surface area contributed by atoms with Gasteiger partial charge in [0.15, 0.2) is 19.7 Å². The largest absolute Gasteiger partial charge is 0.480 e. The number of hydrogen-bond acceptors (Lipinski definition) is 7. The van der Waals surface area contributed by atoms with Crippen LogP contribution >= 0.6 is 0 Å². The van der Waals surface area contributed by atoms with Crippen LogP contribution in [-0.2, 0) is 24.5 Å². The van der Waals surface area contributed by atoms with Crippen LogP contribution in [0.4, 0.5) is 0 Å². The third-order valence-corrected chi connectivity index (χ3v) is 7.16. The van der Waals surface area contributed by atoms with Crippen LogP contribution in [0.15, 0.2) is 0 Å². The lowest BCUT2D eigenvalue weighted by atomic mass is 10.1. The lowest BCUT2D eigenvalue weighted by molar-refractivity contribution is -0.140. The smallest absolute Gasteiger partial charge is 0.317 e. The molecule has 2 aliphatic heterocycles. The summed E-state index contributed by atoms with van der Waals surface area (Å²) in [5.41, 5.74) is 0. The first-order valence-corrected chi connectivity index (χ1v) is 9.80. The zero-order chi connectivity index (χ0) is 15.1. The molecule has 0 aliphatic carbocycles. The maximum atomic E-state index is 11.5. The molecule has 2 aliphatic rings. The van der Waals surface area contributed by atoms with Gasteiger partial charge in [-0.15, -0.1) is 0 Å². The predicted molar refractivity (Wildman–Crippen MR) is 69.8 cm³/mol. The summed E-state index contributed by atoms with van der Waals surface area (Å²) in [6.45, 7) is -0.475. The molecule has 2 N–H and O–H groups in total. The average molecular weight is 327 g/mol. The molecule has 2 rings (SSSR count). The lowest BCUT2D eigenvalue weighted by Crippen LogP contribution is -2.51. The van der Waals surface area contributed by atoms with E-state index in [1.807, 2.05) is 0 Å². The summed E-state index contributed by atoms with van der Waals surface area (Å²) >= 11 is 0. The van der Waals surface area contributed by atoms with Crippen LogP contribution < -0.4 is 0 Å². The van der Waals surface area contributed by atoms with E-state index in [0.29, 0.717) is 0 Å². The number of carboxylic acid groups (broad SMARTS) is 1. The Hall–Kier alpha value is -0.710. The molecule has 0 radical (unpaired) electrons. The molecule has 0 aromatic carbocycles. The lowest BCUT2D eigenvalue weighted by Gasteiger charge is -2.33. The van der Waals surface area contributed by atoms with Crippen LogP contribution in [0.3, 0.4) is 0 Å². The van der Waals surface area contributed by atoms with Gasteiger partial charge < -0.3 is 10.2 Å². The standard InChI is InChI=1S/C10H17NO7S2/c12-9-6-20(17,18)5-8(9)11(3-10(13)14)7-1-2-19(15,16)4-7/h7-9,12H,1-6H2,(H,13,14). The fourth-order valence-electron chi connectivity index (χ4n) is 2.84. The summed E-state index contributed by atoms with van der Waals surface area (Å²) in [6.07, 6.45) is -0.915. The van der Waals surface area contributed by atoms with E-state index in [9.17, 15) is 26.7 Å². The molecule has 0 spiro atoms. The Labute approximate surface area is 117 Å². The number of aliphatic hydroxyl groups is 1. The maximum Gasteiger partial charge on any atom is 0.317 e. The summed E-state index contributed by atoms with van der Waals surface area (Å²) in [5, 5.41) is 18.8. The predicted octanol–water partition coefficient (Wildman–Crippen LogP) is -2.28. The first-order chi connectivity index (χ1) is 9.10. The van der Waals surface area contributed by atoms with Crippen molar-refractivity contribution in [2.24, 2.45) is 0 Å². The fraction of sp³-hybridized carbons (Fsp3) is 0.900. The summed E-state index contributed by atoms with van der Waals surface area (Å²) in [4.78, 5) is 12.3. The molecule has 3 unspecified atom stereocenters. The summed E-state index contributed by atoms with van der Waals surface area (Å²) in [5.74, 6) is -2.15. The number of carbonyl (C=O) groups is 1. The summed E-state index contributed by atoms with van der Waals surface area (Å²) in [7, 11) is -6.64. The van der Waals surface area contributed by atoms with Gasteiger partial charge >= 0.3 is 5.97 Å². The zero-order valence-electron chi connectivity index (χ0n) is 10.7. The van der Waals surface area contributed by atoms with Gasteiger partial charge in [0.05, 0.1) is 41.7 Å². The molecular formula is C10H17NO7S2. The molecule has 3 atom stereocenters. The number of rotatable bonds is 4. The molecule has 10 heteroatoms. The van der Waals surface area contributed by atoms with Crippen molar-refractivity contribution < 1.29 is 31.8 Å². The normalized spacial score (nSPS) is 35.4. The average Bonchev–Trinajstić information content (AvgIpc) is 2.74.